The number of nitriles is 1. The maximum absolute atomic E-state index is 12.8. The van der Waals surface area contributed by atoms with Gasteiger partial charge in [-0.05, 0) is 68.1 Å². The standard InChI is InChI=1S/C21H23N3O3S/c1-15-4-3-5-20(16(15)2)23-21(25)18-10-12-24(13-11-18)28(26,27)19-8-6-17(14-22)7-9-19/h3-9,18H,10-13H2,1-2H3,(H,23,25). The zero-order valence-corrected chi connectivity index (χ0v) is 16.8. The number of aryl methyl sites for hydroxylation is 1. The molecule has 0 spiro atoms. The Balaban J connectivity index is 1.64. The third kappa shape index (κ3) is 4.08. The first-order chi connectivity index (χ1) is 13.3. The normalized spacial score (nSPS) is 15.8. The number of sulfonamides is 1. The van der Waals surface area contributed by atoms with Gasteiger partial charge in [0.25, 0.3) is 0 Å². The summed E-state index contributed by atoms with van der Waals surface area (Å²) in [5.74, 6) is -0.281. The van der Waals surface area contributed by atoms with Crippen LogP contribution in [0.2, 0.25) is 0 Å². The second-order valence-corrected chi connectivity index (χ2v) is 8.99. The number of anilines is 1. The lowest BCUT2D eigenvalue weighted by Crippen LogP contribution is -2.41. The summed E-state index contributed by atoms with van der Waals surface area (Å²) in [6.07, 6.45) is 0.957. The monoisotopic (exact) mass is 397 g/mol. The van der Waals surface area contributed by atoms with Crippen LogP contribution in [0.3, 0.4) is 0 Å². The number of hydrogen-bond acceptors (Lipinski definition) is 4. The van der Waals surface area contributed by atoms with Crippen molar-refractivity contribution in [1.82, 2.24) is 4.31 Å². The Kier molecular flexibility index (Phi) is 5.82. The average Bonchev–Trinajstić information content (AvgIpc) is 2.71. The molecule has 6 nitrogen and oxygen atoms in total. The van der Waals surface area contributed by atoms with Gasteiger partial charge in [-0.2, -0.15) is 9.57 Å². The minimum absolute atomic E-state index is 0.0656. The van der Waals surface area contributed by atoms with Crippen LogP contribution in [0.15, 0.2) is 47.4 Å². The van der Waals surface area contributed by atoms with E-state index in [1.807, 2.05) is 38.1 Å². The average molecular weight is 398 g/mol. The van der Waals surface area contributed by atoms with Crippen molar-refractivity contribution >= 4 is 21.6 Å². The molecule has 1 saturated heterocycles. The van der Waals surface area contributed by atoms with Gasteiger partial charge in [0.2, 0.25) is 15.9 Å². The van der Waals surface area contributed by atoms with Crippen molar-refractivity contribution < 1.29 is 13.2 Å². The fraction of sp³-hybridized carbons (Fsp3) is 0.333. The number of carbonyl (C=O) groups is 1. The van der Waals surface area contributed by atoms with E-state index >= 15 is 0 Å². The zero-order chi connectivity index (χ0) is 20.3. The molecule has 1 aliphatic heterocycles. The smallest absolute Gasteiger partial charge is 0.243 e. The highest BCUT2D eigenvalue weighted by atomic mass is 32.2. The van der Waals surface area contributed by atoms with Crippen LogP contribution in [-0.4, -0.2) is 31.7 Å². The van der Waals surface area contributed by atoms with E-state index in [0.717, 1.165) is 16.8 Å². The molecular weight excluding hydrogens is 374 g/mol. The largest absolute Gasteiger partial charge is 0.326 e. The van der Waals surface area contributed by atoms with Gasteiger partial charge in [-0.3, -0.25) is 4.79 Å². The molecule has 3 rings (SSSR count). The molecule has 1 N–H and O–H groups in total. The minimum Gasteiger partial charge on any atom is -0.326 e. The van der Waals surface area contributed by atoms with E-state index in [2.05, 4.69) is 5.32 Å². The quantitative estimate of drug-likeness (QED) is 0.858. The number of carbonyl (C=O) groups excluding carboxylic acids is 1. The number of nitrogens with zero attached hydrogens (tertiary/aromatic N) is 2. The second-order valence-electron chi connectivity index (χ2n) is 7.05. The topological polar surface area (TPSA) is 90.3 Å². The Labute approximate surface area is 165 Å². The van der Waals surface area contributed by atoms with Crippen molar-refractivity contribution in [3.05, 3.63) is 59.2 Å². The van der Waals surface area contributed by atoms with Crippen LogP contribution in [0, 0.1) is 31.1 Å². The number of nitrogens with one attached hydrogen (secondary N) is 1. The molecule has 0 bridgehead atoms. The van der Waals surface area contributed by atoms with Gasteiger partial charge in [0, 0.05) is 24.7 Å². The maximum Gasteiger partial charge on any atom is 0.243 e. The summed E-state index contributed by atoms with van der Waals surface area (Å²) >= 11 is 0. The maximum atomic E-state index is 12.8. The highest BCUT2D eigenvalue weighted by molar-refractivity contribution is 7.89. The van der Waals surface area contributed by atoms with E-state index < -0.39 is 10.0 Å². The van der Waals surface area contributed by atoms with Crippen molar-refractivity contribution in [2.75, 3.05) is 18.4 Å². The van der Waals surface area contributed by atoms with Gasteiger partial charge in [-0.25, -0.2) is 8.42 Å². The van der Waals surface area contributed by atoms with Crippen molar-refractivity contribution in [2.45, 2.75) is 31.6 Å². The molecule has 0 saturated carbocycles. The summed E-state index contributed by atoms with van der Waals surface area (Å²) in [6.45, 7) is 4.57. The van der Waals surface area contributed by atoms with Crippen LogP contribution in [0.4, 0.5) is 5.69 Å². The molecule has 0 atom stereocenters. The van der Waals surface area contributed by atoms with Crippen molar-refractivity contribution in [3.63, 3.8) is 0 Å². The van der Waals surface area contributed by atoms with Crippen molar-refractivity contribution in [3.8, 4) is 6.07 Å². The lowest BCUT2D eigenvalue weighted by Gasteiger charge is -2.30. The number of hydrogen-bond donors (Lipinski definition) is 1. The summed E-state index contributed by atoms with van der Waals surface area (Å²) in [7, 11) is -3.62. The number of benzene rings is 2. The molecule has 0 radical (unpaired) electrons. The van der Waals surface area contributed by atoms with Crippen LogP contribution in [-0.2, 0) is 14.8 Å². The third-order valence-corrected chi connectivity index (χ3v) is 7.22. The van der Waals surface area contributed by atoms with E-state index in [-0.39, 0.29) is 16.7 Å². The predicted molar refractivity (Wildman–Crippen MR) is 107 cm³/mol. The SMILES string of the molecule is Cc1cccc(NC(=O)C2CCN(S(=O)(=O)c3ccc(C#N)cc3)CC2)c1C. The summed E-state index contributed by atoms with van der Waals surface area (Å²) in [5.41, 5.74) is 3.37. The Morgan fingerprint density at radius 2 is 1.75 bits per heavy atom. The van der Waals surface area contributed by atoms with Crippen molar-refractivity contribution in [1.29, 1.82) is 5.26 Å². The van der Waals surface area contributed by atoms with Crippen LogP contribution < -0.4 is 5.32 Å². The Bertz CT molecular complexity index is 1020. The first kappa shape index (κ1) is 20.1. The fourth-order valence-electron chi connectivity index (χ4n) is 3.33. The molecule has 2 aromatic carbocycles. The van der Waals surface area contributed by atoms with Gasteiger partial charge in [0.1, 0.15) is 0 Å². The van der Waals surface area contributed by atoms with E-state index in [1.54, 1.807) is 0 Å². The van der Waals surface area contributed by atoms with Crippen molar-refractivity contribution in [2.24, 2.45) is 5.92 Å². The Morgan fingerprint density at radius 3 is 2.36 bits per heavy atom. The summed E-state index contributed by atoms with van der Waals surface area (Å²) in [5, 5.41) is 11.8. The molecular formula is C21H23N3O3S. The molecule has 0 aliphatic carbocycles. The van der Waals surface area contributed by atoms with Crippen LogP contribution in [0.1, 0.15) is 29.5 Å². The Hall–Kier alpha value is -2.69. The second kappa shape index (κ2) is 8.13. The molecule has 1 aliphatic rings. The lowest BCUT2D eigenvalue weighted by molar-refractivity contribution is -0.120. The summed E-state index contributed by atoms with van der Waals surface area (Å²) in [6, 6.07) is 13.7. The predicted octanol–water partition coefficient (Wildman–Crippen LogP) is 3.21. The first-order valence-electron chi connectivity index (χ1n) is 9.20. The molecule has 146 valence electrons. The molecule has 1 fully saturated rings. The molecule has 2 aromatic rings. The molecule has 7 heteroatoms. The van der Waals surface area contributed by atoms with Crippen LogP contribution >= 0.6 is 0 Å². The number of rotatable bonds is 4. The van der Waals surface area contributed by atoms with Gasteiger partial charge in [-0.1, -0.05) is 12.1 Å². The first-order valence-corrected chi connectivity index (χ1v) is 10.6. The van der Waals surface area contributed by atoms with E-state index in [0.29, 0.717) is 31.5 Å². The molecule has 0 aromatic heterocycles. The molecule has 1 heterocycles. The zero-order valence-electron chi connectivity index (χ0n) is 16.0. The van der Waals surface area contributed by atoms with Crippen LogP contribution in [0.5, 0.6) is 0 Å². The van der Waals surface area contributed by atoms with Gasteiger partial charge >= 0.3 is 0 Å². The molecule has 1 amide bonds. The highest BCUT2D eigenvalue weighted by Crippen LogP contribution is 2.26. The van der Waals surface area contributed by atoms with E-state index in [1.165, 1.54) is 28.6 Å². The van der Waals surface area contributed by atoms with Gasteiger partial charge in [-0.15, -0.1) is 0 Å². The van der Waals surface area contributed by atoms with E-state index in [9.17, 15) is 13.2 Å². The fourth-order valence-corrected chi connectivity index (χ4v) is 4.80. The number of piperidine rings is 1. The van der Waals surface area contributed by atoms with Gasteiger partial charge < -0.3 is 5.32 Å². The Morgan fingerprint density at radius 1 is 1.11 bits per heavy atom. The third-order valence-electron chi connectivity index (χ3n) is 5.31. The summed E-state index contributed by atoms with van der Waals surface area (Å²) < 4.78 is 27.0. The molecule has 28 heavy (non-hydrogen) atoms. The minimum atomic E-state index is -3.62. The van der Waals surface area contributed by atoms with E-state index in [4.69, 9.17) is 5.26 Å². The van der Waals surface area contributed by atoms with Gasteiger partial charge in [0.05, 0.1) is 16.5 Å². The number of amides is 1. The molecule has 0 unspecified atom stereocenters. The highest BCUT2D eigenvalue weighted by Gasteiger charge is 2.32. The van der Waals surface area contributed by atoms with Crippen LogP contribution in [0.25, 0.3) is 0 Å². The summed E-state index contributed by atoms with van der Waals surface area (Å²) in [4.78, 5) is 12.8. The van der Waals surface area contributed by atoms with Gasteiger partial charge in [0.15, 0.2) is 0 Å². The lowest BCUT2D eigenvalue weighted by atomic mass is 9.97.